The van der Waals surface area contributed by atoms with Crippen molar-refractivity contribution < 1.29 is 17.1 Å². The minimum atomic E-state index is 0. The topological polar surface area (TPSA) is 0 Å². The molecule has 15 heavy (non-hydrogen) atoms. The molecule has 0 aliphatic carbocycles. The van der Waals surface area contributed by atoms with Gasteiger partial charge in [-0.25, -0.2) is 12.1 Å². The average molecular weight is 283 g/mol. The van der Waals surface area contributed by atoms with Crippen LogP contribution < -0.4 is 0 Å². The molecule has 0 fully saturated rings. The van der Waals surface area contributed by atoms with Gasteiger partial charge in [-0.3, -0.25) is 0 Å². The second-order valence-electron chi connectivity index (χ2n) is 2.81. The van der Waals surface area contributed by atoms with Gasteiger partial charge in [0.05, 0.1) is 0 Å². The summed E-state index contributed by atoms with van der Waals surface area (Å²) in [5.74, 6) is 1.13. The van der Waals surface area contributed by atoms with Crippen LogP contribution in [0.15, 0.2) is 48.5 Å². The molecule has 0 nitrogen and oxygen atoms in total. The molecule has 0 unspecified atom stereocenters. The van der Waals surface area contributed by atoms with Crippen LogP contribution in [0.25, 0.3) is 0 Å². The molecule has 0 atom stereocenters. The van der Waals surface area contributed by atoms with Crippen molar-refractivity contribution in [3.8, 4) is 0 Å². The Morgan fingerprint density at radius 1 is 1.07 bits per heavy atom. The van der Waals surface area contributed by atoms with Gasteiger partial charge in [0.1, 0.15) is 0 Å². The van der Waals surface area contributed by atoms with E-state index in [0.717, 1.165) is 11.1 Å². The minimum absolute atomic E-state index is 0. The van der Waals surface area contributed by atoms with E-state index in [0.29, 0.717) is 11.8 Å². The first kappa shape index (κ1) is 14.8. The number of halogens is 2. The third-order valence-electron chi connectivity index (χ3n) is 1.85. The minimum Gasteiger partial charge on any atom is -0.748 e. The Hall–Kier alpha value is -0.201. The normalized spacial score (nSPS) is 8.67. The second-order valence-corrected chi connectivity index (χ2v) is 3.34. The van der Waals surface area contributed by atoms with Crippen LogP contribution >= 0.6 is 23.2 Å². The zero-order valence-corrected chi connectivity index (χ0v) is 10.8. The molecular weight excluding hydrogens is 271 g/mol. The summed E-state index contributed by atoms with van der Waals surface area (Å²) in [6.07, 6.45) is 0. The Labute approximate surface area is 111 Å². The first-order valence-corrected chi connectivity index (χ1v) is 5.47. The number of rotatable bonds is 2. The third kappa shape index (κ3) is 5.44. The average Bonchev–Trinajstić information content (AvgIpc) is 2.91. The fourth-order valence-electron chi connectivity index (χ4n) is 1.08. The summed E-state index contributed by atoms with van der Waals surface area (Å²) in [7, 11) is 0. The SMILES string of the molecule is ClCc1ccc[c-]1CCl.[Fe].[cH-]1[cH-][cH-][cH-][cH-]1. The van der Waals surface area contributed by atoms with E-state index in [1.54, 1.807) is 0 Å². The van der Waals surface area contributed by atoms with E-state index in [1.165, 1.54) is 0 Å². The Bertz CT molecular complexity index is 289. The van der Waals surface area contributed by atoms with Crippen molar-refractivity contribution in [1.29, 1.82) is 0 Å². The standard InChI is InChI=1S/C7H7Cl2.C5H5.Fe/c8-4-6-2-1-3-7(6)5-9;1-2-4-5-3-1;/h1-3H,4-5H2;1-5H;/q-1;-5;. The quantitative estimate of drug-likeness (QED) is 0.438. The summed E-state index contributed by atoms with van der Waals surface area (Å²) in [6, 6.07) is 15.9. The van der Waals surface area contributed by atoms with Crippen LogP contribution in [0.4, 0.5) is 0 Å². The summed E-state index contributed by atoms with van der Waals surface area (Å²) < 4.78 is 0. The van der Waals surface area contributed by atoms with Crippen molar-refractivity contribution in [2.24, 2.45) is 0 Å². The Balaban J connectivity index is 0.000000280. The molecule has 88 valence electrons. The number of alkyl halides is 2. The van der Waals surface area contributed by atoms with Crippen LogP contribution in [-0.2, 0) is 28.8 Å². The van der Waals surface area contributed by atoms with E-state index >= 15 is 0 Å². The van der Waals surface area contributed by atoms with Crippen LogP contribution in [0.3, 0.4) is 0 Å². The van der Waals surface area contributed by atoms with Gasteiger partial charge in [-0.1, -0.05) is 0 Å². The molecule has 3 heteroatoms. The maximum absolute atomic E-state index is 5.59. The molecule has 2 rings (SSSR count). The molecule has 0 N–H and O–H groups in total. The molecule has 0 aliphatic heterocycles. The molecule has 0 bridgehead atoms. The fraction of sp³-hybridized carbons (Fsp3) is 0.167. The van der Waals surface area contributed by atoms with Gasteiger partial charge in [0.25, 0.3) is 0 Å². The van der Waals surface area contributed by atoms with Gasteiger partial charge in [0.2, 0.25) is 0 Å². The molecule has 0 aromatic heterocycles. The van der Waals surface area contributed by atoms with Gasteiger partial charge < -0.3 is 30.3 Å². The smallest absolute Gasteiger partial charge is 0.0247 e. The monoisotopic (exact) mass is 282 g/mol. The van der Waals surface area contributed by atoms with Gasteiger partial charge >= 0.3 is 0 Å². The van der Waals surface area contributed by atoms with Crippen molar-refractivity contribution in [2.45, 2.75) is 11.8 Å². The van der Waals surface area contributed by atoms with Crippen LogP contribution in [0, 0.1) is 0 Å². The summed E-state index contributed by atoms with van der Waals surface area (Å²) >= 11 is 11.2. The maximum atomic E-state index is 5.59. The van der Waals surface area contributed by atoms with E-state index in [9.17, 15) is 0 Å². The van der Waals surface area contributed by atoms with Crippen molar-refractivity contribution in [2.75, 3.05) is 0 Å². The van der Waals surface area contributed by atoms with Crippen LogP contribution in [-0.4, -0.2) is 0 Å². The summed E-state index contributed by atoms with van der Waals surface area (Å²) in [5.41, 5.74) is 2.29. The fourth-order valence-corrected chi connectivity index (χ4v) is 1.60. The molecule has 2 aromatic rings. The maximum Gasteiger partial charge on any atom is 0.0247 e. The van der Waals surface area contributed by atoms with E-state index in [-0.39, 0.29) is 17.1 Å². The van der Waals surface area contributed by atoms with E-state index in [2.05, 4.69) is 0 Å². The summed E-state index contributed by atoms with van der Waals surface area (Å²) in [4.78, 5) is 0. The predicted molar refractivity (Wildman–Crippen MR) is 63.2 cm³/mol. The first-order valence-electron chi connectivity index (χ1n) is 4.40. The number of hydrogen-bond donors (Lipinski definition) is 0. The van der Waals surface area contributed by atoms with Crippen molar-refractivity contribution in [3.63, 3.8) is 0 Å². The molecule has 0 heterocycles. The van der Waals surface area contributed by atoms with Crippen molar-refractivity contribution in [1.82, 2.24) is 0 Å². The van der Waals surface area contributed by atoms with Crippen molar-refractivity contribution in [3.05, 3.63) is 59.7 Å². The number of hydrogen-bond acceptors (Lipinski definition) is 0. The predicted octanol–water partition coefficient (Wildman–Crippen LogP) is 4.29. The third-order valence-corrected chi connectivity index (χ3v) is 2.43. The van der Waals surface area contributed by atoms with Gasteiger partial charge in [-0.15, -0.1) is 34.3 Å². The van der Waals surface area contributed by atoms with Crippen molar-refractivity contribution >= 4 is 23.2 Å². The summed E-state index contributed by atoms with van der Waals surface area (Å²) in [5, 5.41) is 0. The molecule has 0 amide bonds. The Morgan fingerprint density at radius 3 is 1.93 bits per heavy atom. The van der Waals surface area contributed by atoms with Crippen LogP contribution in [0.5, 0.6) is 0 Å². The van der Waals surface area contributed by atoms with Gasteiger partial charge in [0, 0.05) is 28.8 Å². The van der Waals surface area contributed by atoms with Gasteiger partial charge in [0.15, 0.2) is 0 Å². The van der Waals surface area contributed by atoms with E-state index in [1.807, 2.05) is 48.5 Å². The molecular formula is C12H12Cl2Fe-6. The largest absolute Gasteiger partial charge is 0.748 e. The molecule has 2 aromatic carbocycles. The van der Waals surface area contributed by atoms with Gasteiger partial charge in [-0.2, -0.15) is 6.07 Å². The van der Waals surface area contributed by atoms with Gasteiger partial charge in [-0.05, 0) is 0 Å². The van der Waals surface area contributed by atoms with Crippen LogP contribution in [0.1, 0.15) is 11.1 Å². The molecule has 0 saturated heterocycles. The first-order chi connectivity index (χ1) is 6.88. The Morgan fingerprint density at radius 2 is 1.60 bits per heavy atom. The summed E-state index contributed by atoms with van der Waals surface area (Å²) in [6.45, 7) is 0. The molecule has 0 saturated carbocycles. The molecule has 0 radical (unpaired) electrons. The zero-order chi connectivity index (χ0) is 10.2. The zero-order valence-electron chi connectivity index (χ0n) is 8.14. The van der Waals surface area contributed by atoms with E-state index < -0.39 is 0 Å². The van der Waals surface area contributed by atoms with E-state index in [4.69, 9.17) is 23.2 Å². The second kappa shape index (κ2) is 9.06. The van der Waals surface area contributed by atoms with Crippen LogP contribution in [0.2, 0.25) is 0 Å². The molecule has 0 spiro atoms. The molecule has 0 aliphatic rings. The Kier molecular flexibility index (Phi) is 8.94.